The van der Waals surface area contributed by atoms with E-state index in [4.69, 9.17) is 0 Å². The number of nitrogens with zero attached hydrogens (tertiary/aromatic N) is 1. The highest BCUT2D eigenvalue weighted by Crippen LogP contribution is 2.04. The van der Waals surface area contributed by atoms with Crippen LogP contribution in [0.3, 0.4) is 0 Å². The predicted molar refractivity (Wildman–Crippen MR) is 50.9 cm³/mol. The van der Waals surface area contributed by atoms with Crippen LogP contribution < -0.4 is 0 Å². The highest BCUT2D eigenvalue weighted by Gasteiger charge is 2.14. The van der Waals surface area contributed by atoms with Crippen LogP contribution in [0, 0.1) is 0 Å². The first-order valence-electron chi connectivity index (χ1n) is 4.02. The maximum Gasteiger partial charge on any atom is 0.233 e. The van der Waals surface area contributed by atoms with Gasteiger partial charge in [0.1, 0.15) is 0 Å². The molecule has 0 heterocycles. The fourth-order valence-electron chi connectivity index (χ4n) is 1.03. The Morgan fingerprint density at radius 2 is 2.09 bits per heavy atom. The third kappa shape index (κ3) is 3.23. The minimum Gasteiger partial charge on any atom is -0.340 e. The van der Waals surface area contributed by atoms with Gasteiger partial charge in [0.25, 0.3) is 0 Å². The molecule has 0 aliphatic rings. The Kier molecular flexibility index (Phi) is 5.56. The van der Waals surface area contributed by atoms with Crippen LogP contribution in [0.2, 0.25) is 0 Å². The first-order chi connectivity index (χ1) is 5.17. The summed E-state index contributed by atoms with van der Waals surface area (Å²) in [6.45, 7) is 6.98. The second-order valence-corrected chi connectivity index (χ2v) is 3.13. The van der Waals surface area contributed by atoms with Crippen molar-refractivity contribution in [1.82, 2.24) is 4.90 Å². The van der Waals surface area contributed by atoms with Gasteiger partial charge >= 0.3 is 0 Å². The van der Waals surface area contributed by atoms with E-state index in [0.717, 1.165) is 13.0 Å². The van der Waals surface area contributed by atoms with Crippen LogP contribution in [0.4, 0.5) is 0 Å². The molecule has 0 N–H and O–H groups in total. The molecule has 2 nitrogen and oxygen atoms in total. The van der Waals surface area contributed by atoms with Gasteiger partial charge in [-0.1, -0.05) is 22.9 Å². The van der Waals surface area contributed by atoms with Crippen molar-refractivity contribution in [3.8, 4) is 0 Å². The van der Waals surface area contributed by atoms with E-state index < -0.39 is 0 Å². The van der Waals surface area contributed by atoms with Crippen molar-refractivity contribution >= 4 is 21.8 Å². The summed E-state index contributed by atoms with van der Waals surface area (Å²) in [6.07, 6.45) is 1.02. The summed E-state index contributed by atoms with van der Waals surface area (Å²) in [5, 5.41) is 0.436. The first kappa shape index (κ1) is 11.0. The number of carbonyl (C=O) groups excluding carboxylic acids is 1. The van der Waals surface area contributed by atoms with Gasteiger partial charge in [0.05, 0.1) is 5.33 Å². The number of alkyl halides is 1. The summed E-state index contributed by atoms with van der Waals surface area (Å²) in [4.78, 5) is 13.1. The van der Waals surface area contributed by atoms with Crippen molar-refractivity contribution in [2.45, 2.75) is 33.2 Å². The van der Waals surface area contributed by atoms with Crippen LogP contribution in [0.25, 0.3) is 0 Å². The Bertz CT molecular complexity index is 127. The Morgan fingerprint density at radius 1 is 1.55 bits per heavy atom. The molecule has 0 fully saturated rings. The third-order valence-electron chi connectivity index (χ3n) is 1.90. The topological polar surface area (TPSA) is 20.3 Å². The lowest BCUT2D eigenvalue weighted by molar-refractivity contribution is -0.130. The molecule has 11 heavy (non-hydrogen) atoms. The summed E-state index contributed by atoms with van der Waals surface area (Å²) >= 11 is 3.16. The molecular weight excluding hydrogens is 206 g/mol. The van der Waals surface area contributed by atoms with Gasteiger partial charge in [-0.2, -0.15) is 0 Å². The van der Waals surface area contributed by atoms with Gasteiger partial charge in [0, 0.05) is 12.6 Å². The molecule has 0 aliphatic carbocycles. The Labute approximate surface area is 77.1 Å². The van der Waals surface area contributed by atoms with Crippen LogP contribution in [0.1, 0.15) is 27.2 Å². The van der Waals surface area contributed by atoms with E-state index in [-0.39, 0.29) is 5.91 Å². The zero-order chi connectivity index (χ0) is 8.85. The van der Waals surface area contributed by atoms with Crippen LogP contribution >= 0.6 is 15.9 Å². The van der Waals surface area contributed by atoms with Gasteiger partial charge in [0.2, 0.25) is 5.91 Å². The SMILES string of the molecule is CCC(C)N(CC)C(=O)CBr. The number of carbonyl (C=O) groups is 1. The van der Waals surface area contributed by atoms with Crippen molar-refractivity contribution in [1.29, 1.82) is 0 Å². The summed E-state index contributed by atoms with van der Waals surface area (Å²) in [6, 6.07) is 0.366. The summed E-state index contributed by atoms with van der Waals surface area (Å²) < 4.78 is 0. The van der Waals surface area contributed by atoms with Crippen LogP contribution in [-0.4, -0.2) is 28.7 Å². The lowest BCUT2D eigenvalue weighted by Crippen LogP contribution is -2.38. The van der Waals surface area contributed by atoms with E-state index >= 15 is 0 Å². The lowest BCUT2D eigenvalue weighted by Gasteiger charge is -2.26. The highest BCUT2D eigenvalue weighted by atomic mass is 79.9. The molecule has 0 rings (SSSR count). The standard InChI is InChI=1S/C8H16BrNO/c1-4-7(3)10(5-2)8(11)6-9/h7H,4-6H2,1-3H3. The quantitative estimate of drug-likeness (QED) is 0.666. The molecule has 3 heteroatoms. The molecule has 1 amide bonds. The lowest BCUT2D eigenvalue weighted by atomic mass is 10.2. The van der Waals surface area contributed by atoms with Gasteiger partial charge in [-0.15, -0.1) is 0 Å². The summed E-state index contributed by atoms with van der Waals surface area (Å²) in [5.41, 5.74) is 0. The first-order valence-corrected chi connectivity index (χ1v) is 5.14. The fourth-order valence-corrected chi connectivity index (χ4v) is 1.35. The van der Waals surface area contributed by atoms with Crippen molar-refractivity contribution in [2.75, 3.05) is 11.9 Å². The minimum absolute atomic E-state index is 0.182. The number of amides is 1. The molecule has 0 bridgehead atoms. The van der Waals surface area contributed by atoms with Gasteiger partial charge < -0.3 is 4.90 Å². The molecule has 66 valence electrons. The predicted octanol–water partition coefficient (Wildman–Crippen LogP) is 2.03. The molecule has 0 aromatic rings. The van der Waals surface area contributed by atoms with Crippen molar-refractivity contribution in [3.63, 3.8) is 0 Å². The van der Waals surface area contributed by atoms with E-state index in [1.807, 2.05) is 11.8 Å². The van der Waals surface area contributed by atoms with Crippen LogP contribution in [0.15, 0.2) is 0 Å². The smallest absolute Gasteiger partial charge is 0.233 e. The van der Waals surface area contributed by atoms with E-state index in [9.17, 15) is 4.79 Å². The van der Waals surface area contributed by atoms with E-state index in [0.29, 0.717) is 11.4 Å². The van der Waals surface area contributed by atoms with Crippen molar-refractivity contribution < 1.29 is 4.79 Å². The average molecular weight is 222 g/mol. The second kappa shape index (κ2) is 5.58. The van der Waals surface area contributed by atoms with Gasteiger partial charge in [-0.3, -0.25) is 4.79 Å². The Hall–Kier alpha value is -0.0500. The minimum atomic E-state index is 0.182. The molecule has 0 spiro atoms. The van der Waals surface area contributed by atoms with Crippen LogP contribution in [-0.2, 0) is 4.79 Å². The zero-order valence-electron chi connectivity index (χ0n) is 7.43. The van der Waals surface area contributed by atoms with E-state index in [1.165, 1.54) is 0 Å². The van der Waals surface area contributed by atoms with Gasteiger partial charge in [-0.05, 0) is 20.3 Å². The molecular formula is C8H16BrNO. The maximum absolute atomic E-state index is 11.2. The normalized spacial score (nSPS) is 12.7. The monoisotopic (exact) mass is 221 g/mol. The average Bonchev–Trinajstić information content (AvgIpc) is 2.05. The third-order valence-corrected chi connectivity index (χ3v) is 2.38. The fraction of sp³-hybridized carbons (Fsp3) is 0.875. The van der Waals surface area contributed by atoms with Gasteiger partial charge in [0.15, 0.2) is 0 Å². The summed E-state index contributed by atoms with van der Waals surface area (Å²) in [5.74, 6) is 0.182. The molecule has 1 atom stereocenters. The molecule has 0 aromatic carbocycles. The number of hydrogen-bond acceptors (Lipinski definition) is 1. The number of rotatable bonds is 4. The Balaban J connectivity index is 4.03. The Morgan fingerprint density at radius 3 is 2.36 bits per heavy atom. The van der Waals surface area contributed by atoms with E-state index in [2.05, 4.69) is 29.8 Å². The van der Waals surface area contributed by atoms with Crippen molar-refractivity contribution in [2.24, 2.45) is 0 Å². The maximum atomic E-state index is 11.2. The van der Waals surface area contributed by atoms with Crippen LogP contribution in [0.5, 0.6) is 0 Å². The number of halogens is 1. The number of hydrogen-bond donors (Lipinski definition) is 0. The van der Waals surface area contributed by atoms with Crippen molar-refractivity contribution in [3.05, 3.63) is 0 Å². The molecule has 0 aliphatic heterocycles. The van der Waals surface area contributed by atoms with Gasteiger partial charge in [-0.25, -0.2) is 0 Å². The molecule has 1 unspecified atom stereocenters. The largest absolute Gasteiger partial charge is 0.340 e. The highest BCUT2D eigenvalue weighted by molar-refractivity contribution is 9.09. The molecule has 0 saturated carbocycles. The molecule has 0 aromatic heterocycles. The van der Waals surface area contributed by atoms with E-state index in [1.54, 1.807) is 0 Å². The molecule has 0 radical (unpaired) electrons. The second-order valence-electron chi connectivity index (χ2n) is 2.57. The molecule has 0 saturated heterocycles. The summed E-state index contributed by atoms with van der Waals surface area (Å²) in [7, 11) is 0. The zero-order valence-corrected chi connectivity index (χ0v) is 9.02.